The minimum atomic E-state index is -0.489. The molecule has 0 fully saturated rings. The zero-order chi connectivity index (χ0) is 14.0. The van der Waals surface area contributed by atoms with E-state index in [4.69, 9.17) is 5.73 Å². The summed E-state index contributed by atoms with van der Waals surface area (Å²) in [5.41, 5.74) is 6.60. The summed E-state index contributed by atoms with van der Waals surface area (Å²) in [7, 11) is 0. The van der Waals surface area contributed by atoms with Gasteiger partial charge in [0.25, 0.3) is 5.91 Å². The normalized spacial score (nSPS) is 10.3. The number of nitrogens with two attached hydrogens (primary N) is 1. The molecule has 2 aromatic carbocycles. The molecule has 2 aromatic rings. The van der Waals surface area contributed by atoms with Gasteiger partial charge in [0.1, 0.15) is 5.82 Å². The van der Waals surface area contributed by atoms with Crippen molar-refractivity contribution >= 4 is 55.8 Å². The quantitative estimate of drug-likeness (QED) is 0.553. The van der Waals surface area contributed by atoms with Crippen LogP contribution in [0.3, 0.4) is 0 Å². The van der Waals surface area contributed by atoms with Crippen molar-refractivity contribution in [2.75, 3.05) is 11.1 Å². The molecular formula is C13H9BrFIN2O. The van der Waals surface area contributed by atoms with Gasteiger partial charge in [-0.2, -0.15) is 0 Å². The van der Waals surface area contributed by atoms with E-state index in [1.165, 1.54) is 18.2 Å². The first kappa shape index (κ1) is 14.3. The average Bonchev–Trinajstić information content (AvgIpc) is 2.30. The smallest absolute Gasteiger partial charge is 0.256 e. The molecule has 2 rings (SSSR count). The molecule has 0 aliphatic rings. The maximum atomic E-state index is 13.2. The number of hydrogen-bond acceptors (Lipinski definition) is 2. The molecule has 0 aliphatic heterocycles. The predicted octanol–water partition coefficient (Wildman–Crippen LogP) is 4.03. The summed E-state index contributed by atoms with van der Waals surface area (Å²) in [6, 6.07) is 9.32. The Morgan fingerprint density at radius 2 is 2.00 bits per heavy atom. The standard InChI is InChI=1S/C13H9BrFIN2O/c14-12-2-1-8(16)5-11(12)13(19)18-10-4-7(15)3-9(17)6-10/h1-6H,17H2,(H,18,19). The summed E-state index contributed by atoms with van der Waals surface area (Å²) in [5.74, 6) is -0.813. The lowest BCUT2D eigenvalue weighted by Crippen LogP contribution is -2.13. The van der Waals surface area contributed by atoms with Gasteiger partial charge in [0.15, 0.2) is 0 Å². The number of carbonyl (C=O) groups is 1. The third kappa shape index (κ3) is 3.66. The molecule has 0 aliphatic carbocycles. The van der Waals surface area contributed by atoms with Crippen LogP contribution in [0.15, 0.2) is 40.9 Å². The van der Waals surface area contributed by atoms with Crippen LogP contribution in [0.2, 0.25) is 0 Å². The van der Waals surface area contributed by atoms with Gasteiger partial charge in [-0.05, 0) is 74.9 Å². The maximum absolute atomic E-state index is 13.2. The van der Waals surface area contributed by atoms with Crippen molar-refractivity contribution in [1.29, 1.82) is 0 Å². The molecule has 3 N–H and O–H groups in total. The number of nitrogens with one attached hydrogen (secondary N) is 1. The Labute approximate surface area is 131 Å². The van der Waals surface area contributed by atoms with Gasteiger partial charge >= 0.3 is 0 Å². The van der Waals surface area contributed by atoms with Gasteiger partial charge in [-0.3, -0.25) is 4.79 Å². The van der Waals surface area contributed by atoms with Crippen LogP contribution < -0.4 is 11.1 Å². The molecule has 3 nitrogen and oxygen atoms in total. The molecule has 0 radical (unpaired) electrons. The molecule has 1 amide bonds. The van der Waals surface area contributed by atoms with Crippen molar-refractivity contribution in [3.63, 3.8) is 0 Å². The van der Waals surface area contributed by atoms with E-state index in [0.29, 0.717) is 15.7 Å². The highest BCUT2D eigenvalue weighted by Crippen LogP contribution is 2.22. The fourth-order valence-electron chi connectivity index (χ4n) is 1.55. The van der Waals surface area contributed by atoms with Gasteiger partial charge in [0, 0.05) is 19.4 Å². The number of hydrogen-bond donors (Lipinski definition) is 2. The van der Waals surface area contributed by atoms with Crippen molar-refractivity contribution < 1.29 is 9.18 Å². The zero-order valence-electron chi connectivity index (χ0n) is 9.58. The van der Waals surface area contributed by atoms with E-state index in [2.05, 4.69) is 43.8 Å². The van der Waals surface area contributed by atoms with E-state index >= 15 is 0 Å². The number of benzene rings is 2. The summed E-state index contributed by atoms with van der Waals surface area (Å²) in [6.45, 7) is 0. The van der Waals surface area contributed by atoms with Crippen LogP contribution in [0.25, 0.3) is 0 Å². The van der Waals surface area contributed by atoms with Crippen molar-refractivity contribution in [1.82, 2.24) is 0 Å². The van der Waals surface area contributed by atoms with Gasteiger partial charge in [-0.15, -0.1) is 0 Å². The lowest BCUT2D eigenvalue weighted by molar-refractivity contribution is 0.102. The van der Waals surface area contributed by atoms with Crippen molar-refractivity contribution in [3.8, 4) is 0 Å². The Balaban J connectivity index is 2.28. The molecular weight excluding hydrogens is 426 g/mol. The number of amides is 1. The lowest BCUT2D eigenvalue weighted by atomic mass is 10.2. The second kappa shape index (κ2) is 5.87. The molecule has 0 heterocycles. The van der Waals surface area contributed by atoms with E-state index in [-0.39, 0.29) is 11.6 Å². The number of halogens is 3. The Morgan fingerprint density at radius 3 is 2.68 bits per heavy atom. The first-order valence-electron chi connectivity index (χ1n) is 5.28. The summed E-state index contributed by atoms with van der Waals surface area (Å²) in [6.07, 6.45) is 0. The van der Waals surface area contributed by atoms with Crippen LogP contribution in [0, 0.1) is 9.39 Å². The van der Waals surface area contributed by atoms with Gasteiger partial charge in [-0.25, -0.2) is 4.39 Å². The SMILES string of the molecule is Nc1cc(F)cc(NC(=O)c2cc(I)ccc2Br)c1. The van der Waals surface area contributed by atoms with Crippen molar-refractivity contribution in [2.24, 2.45) is 0 Å². The van der Waals surface area contributed by atoms with E-state index < -0.39 is 5.82 Å². The van der Waals surface area contributed by atoms with Crippen LogP contribution >= 0.6 is 38.5 Å². The number of anilines is 2. The minimum Gasteiger partial charge on any atom is -0.399 e. The van der Waals surface area contributed by atoms with Crippen LogP contribution in [-0.4, -0.2) is 5.91 Å². The number of nitrogen functional groups attached to an aromatic ring is 1. The van der Waals surface area contributed by atoms with Crippen molar-refractivity contribution in [3.05, 3.63) is 55.8 Å². The first-order valence-corrected chi connectivity index (χ1v) is 7.15. The third-order valence-corrected chi connectivity index (χ3v) is 3.71. The van der Waals surface area contributed by atoms with Crippen LogP contribution in [-0.2, 0) is 0 Å². The van der Waals surface area contributed by atoms with Crippen LogP contribution in [0.5, 0.6) is 0 Å². The maximum Gasteiger partial charge on any atom is 0.256 e. The average molecular weight is 435 g/mol. The Kier molecular flexibility index (Phi) is 4.41. The van der Waals surface area contributed by atoms with E-state index in [9.17, 15) is 9.18 Å². The lowest BCUT2D eigenvalue weighted by Gasteiger charge is -2.08. The molecule has 6 heteroatoms. The molecule has 98 valence electrons. The Morgan fingerprint density at radius 1 is 1.26 bits per heavy atom. The van der Waals surface area contributed by atoms with Crippen LogP contribution in [0.4, 0.5) is 15.8 Å². The summed E-state index contributed by atoms with van der Waals surface area (Å²) in [5, 5.41) is 2.62. The zero-order valence-corrected chi connectivity index (χ0v) is 13.3. The highest BCUT2D eigenvalue weighted by atomic mass is 127. The van der Waals surface area contributed by atoms with Gasteiger partial charge in [0.2, 0.25) is 0 Å². The fourth-order valence-corrected chi connectivity index (χ4v) is 2.47. The highest BCUT2D eigenvalue weighted by Gasteiger charge is 2.11. The monoisotopic (exact) mass is 434 g/mol. The molecule has 0 aromatic heterocycles. The Hall–Kier alpha value is -1.15. The summed E-state index contributed by atoms with van der Waals surface area (Å²) in [4.78, 5) is 12.1. The predicted molar refractivity (Wildman–Crippen MR) is 85.6 cm³/mol. The molecule has 0 atom stereocenters. The van der Waals surface area contributed by atoms with Gasteiger partial charge < -0.3 is 11.1 Å². The molecule has 19 heavy (non-hydrogen) atoms. The molecule has 0 saturated carbocycles. The fraction of sp³-hybridized carbons (Fsp3) is 0. The first-order chi connectivity index (χ1) is 8.95. The van der Waals surface area contributed by atoms with Gasteiger partial charge in [0.05, 0.1) is 5.56 Å². The Bertz CT molecular complexity index is 628. The van der Waals surface area contributed by atoms with E-state index in [1.54, 1.807) is 12.1 Å². The number of carbonyl (C=O) groups excluding carboxylic acids is 1. The minimum absolute atomic E-state index is 0.261. The summed E-state index contributed by atoms with van der Waals surface area (Å²) >= 11 is 5.43. The second-order valence-electron chi connectivity index (χ2n) is 3.85. The molecule has 0 saturated heterocycles. The third-order valence-electron chi connectivity index (χ3n) is 2.35. The molecule has 0 spiro atoms. The summed E-state index contributed by atoms with van der Waals surface area (Å²) < 4.78 is 14.8. The van der Waals surface area contributed by atoms with E-state index in [1.807, 2.05) is 6.07 Å². The van der Waals surface area contributed by atoms with Gasteiger partial charge in [-0.1, -0.05) is 0 Å². The van der Waals surface area contributed by atoms with E-state index in [0.717, 1.165) is 3.57 Å². The van der Waals surface area contributed by atoms with Crippen LogP contribution in [0.1, 0.15) is 10.4 Å². The largest absolute Gasteiger partial charge is 0.399 e. The molecule has 0 bridgehead atoms. The van der Waals surface area contributed by atoms with Crippen molar-refractivity contribution in [2.45, 2.75) is 0 Å². The molecule has 0 unspecified atom stereocenters. The highest BCUT2D eigenvalue weighted by molar-refractivity contribution is 14.1. The second-order valence-corrected chi connectivity index (χ2v) is 5.95. The topological polar surface area (TPSA) is 55.1 Å². The number of rotatable bonds is 2.